The summed E-state index contributed by atoms with van der Waals surface area (Å²) >= 11 is 0. The first-order valence-corrected chi connectivity index (χ1v) is 10.5. The minimum Gasteiger partial charge on any atom is -0.488 e. The predicted octanol–water partition coefficient (Wildman–Crippen LogP) is 4.62. The average Bonchev–Trinajstić information content (AvgIpc) is 2.66. The largest absolute Gasteiger partial charge is 0.488 e. The quantitative estimate of drug-likeness (QED) is 0.752. The molecule has 0 radical (unpaired) electrons. The molecule has 0 unspecified atom stereocenters. The number of nitrogens with one attached hydrogen (secondary N) is 1. The van der Waals surface area contributed by atoms with Gasteiger partial charge in [-0.25, -0.2) is 0 Å². The van der Waals surface area contributed by atoms with Crippen molar-refractivity contribution >= 4 is 17.3 Å². The van der Waals surface area contributed by atoms with Crippen LogP contribution in [0.3, 0.4) is 0 Å². The molecule has 5 nitrogen and oxygen atoms in total. The molecule has 0 aliphatic heterocycles. The van der Waals surface area contributed by atoms with E-state index in [2.05, 4.69) is 22.4 Å². The molecule has 0 spiro atoms. The summed E-state index contributed by atoms with van der Waals surface area (Å²) in [6.45, 7) is 3.44. The molecule has 2 aliphatic carbocycles. The van der Waals surface area contributed by atoms with E-state index in [1.54, 1.807) is 13.8 Å². The minimum atomic E-state index is -0.167. The molecule has 2 saturated carbocycles. The van der Waals surface area contributed by atoms with Crippen LogP contribution in [0, 0.1) is 0 Å². The van der Waals surface area contributed by atoms with Crippen LogP contribution < -0.4 is 10.1 Å². The van der Waals surface area contributed by atoms with Crippen LogP contribution in [0.15, 0.2) is 36.5 Å². The van der Waals surface area contributed by atoms with Crippen molar-refractivity contribution in [3.63, 3.8) is 0 Å². The van der Waals surface area contributed by atoms with Gasteiger partial charge < -0.3 is 15.2 Å². The van der Waals surface area contributed by atoms with Crippen molar-refractivity contribution in [2.75, 3.05) is 0 Å². The highest BCUT2D eigenvalue weighted by Gasteiger charge is 2.19. The lowest BCUT2D eigenvalue weighted by molar-refractivity contribution is -0.110. The van der Waals surface area contributed by atoms with E-state index in [9.17, 15) is 4.79 Å². The smallest absolute Gasteiger partial charge is 0.207 e. The number of hydrogen-bond acceptors (Lipinski definition) is 4. The van der Waals surface area contributed by atoms with E-state index >= 15 is 0 Å². The number of aliphatic hydroxyl groups is 1. The SMILES string of the molecule is CC(C)O.O=CNC1CCCCC1.c1cnc2c(OC3CCC3)cccc2c1. The van der Waals surface area contributed by atoms with Gasteiger partial charge in [0.15, 0.2) is 0 Å². The van der Waals surface area contributed by atoms with E-state index in [-0.39, 0.29) is 6.10 Å². The van der Waals surface area contributed by atoms with Crippen molar-refractivity contribution in [2.24, 2.45) is 0 Å². The highest BCUT2D eigenvalue weighted by molar-refractivity contribution is 5.84. The van der Waals surface area contributed by atoms with Crippen LogP contribution in [0.5, 0.6) is 5.75 Å². The zero-order valence-electron chi connectivity index (χ0n) is 17.1. The van der Waals surface area contributed by atoms with Gasteiger partial charge in [-0.1, -0.05) is 37.5 Å². The first-order chi connectivity index (χ1) is 13.6. The van der Waals surface area contributed by atoms with Crippen LogP contribution in [-0.2, 0) is 4.79 Å². The summed E-state index contributed by atoms with van der Waals surface area (Å²) in [5.41, 5.74) is 0.979. The van der Waals surface area contributed by atoms with Crippen molar-refractivity contribution in [1.29, 1.82) is 0 Å². The molecule has 2 N–H and O–H groups in total. The number of aromatic nitrogens is 1. The van der Waals surface area contributed by atoms with Crippen LogP contribution in [0.25, 0.3) is 10.9 Å². The van der Waals surface area contributed by atoms with E-state index in [0.717, 1.165) is 23.1 Å². The Kier molecular flexibility index (Phi) is 9.77. The second kappa shape index (κ2) is 12.3. The third-order valence-corrected chi connectivity index (χ3v) is 4.85. The van der Waals surface area contributed by atoms with Gasteiger partial charge in [0.05, 0.1) is 6.10 Å². The lowest BCUT2D eigenvalue weighted by Crippen LogP contribution is -2.29. The number of aliphatic hydroxyl groups excluding tert-OH is 1. The van der Waals surface area contributed by atoms with Crippen molar-refractivity contribution in [3.05, 3.63) is 36.5 Å². The average molecular weight is 387 g/mol. The molecule has 154 valence electrons. The number of carbonyl (C=O) groups is 1. The van der Waals surface area contributed by atoms with Crippen molar-refractivity contribution in [1.82, 2.24) is 10.3 Å². The molecule has 0 bridgehead atoms. The summed E-state index contributed by atoms with van der Waals surface area (Å²) in [5.74, 6) is 0.929. The second-order valence-electron chi connectivity index (χ2n) is 7.72. The second-order valence-corrected chi connectivity index (χ2v) is 7.72. The molecular formula is C23H34N2O3. The number of ether oxygens (including phenoxy) is 1. The van der Waals surface area contributed by atoms with E-state index in [4.69, 9.17) is 9.84 Å². The van der Waals surface area contributed by atoms with Crippen molar-refractivity contribution in [2.45, 2.75) is 83.5 Å². The number of nitrogens with zero attached hydrogens (tertiary/aromatic N) is 1. The molecule has 2 fully saturated rings. The third-order valence-electron chi connectivity index (χ3n) is 4.85. The molecule has 4 rings (SSSR count). The monoisotopic (exact) mass is 386 g/mol. The van der Waals surface area contributed by atoms with E-state index in [0.29, 0.717) is 12.1 Å². The van der Waals surface area contributed by atoms with Gasteiger partial charge in [0.1, 0.15) is 11.3 Å². The van der Waals surface area contributed by atoms with Gasteiger partial charge in [0, 0.05) is 23.7 Å². The van der Waals surface area contributed by atoms with Gasteiger partial charge in [-0.15, -0.1) is 0 Å². The normalized spacial score (nSPS) is 16.9. The molecule has 0 atom stereocenters. The Hall–Kier alpha value is -2.14. The predicted molar refractivity (Wildman–Crippen MR) is 113 cm³/mol. The molecule has 1 heterocycles. The van der Waals surface area contributed by atoms with Gasteiger partial charge in [-0.05, 0) is 58.1 Å². The Bertz CT molecular complexity index is 687. The van der Waals surface area contributed by atoms with Crippen LogP contribution >= 0.6 is 0 Å². The van der Waals surface area contributed by atoms with E-state index < -0.39 is 0 Å². The molecular weight excluding hydrogens is 352 g/mol. The fourth-order valence-corrected chi connectivity index (χ4v) is 3.20. The Morgan fingerprint density at radius 2 is 1.75 bits per heavy atom. The summed E-state index contributed by atoms with van der Waals surface area (Å²) < 4.78 is 5.90. The number of para-hydroxylation sites is 1. The third kappa shape index (κ3) is 7.85. The number of carbonyl (C=O) groups excluding carboxylic acids is 1. The first-order valence-electron chi connectivity index (χ1n) is 10.5. The maximum atomic E-state index is 9.96. The van der Waals surface area contributed by atoms with Gasteiger partial charge in [0.2, 0.25) is 6.41 Å². The number of hydrogen-bond donors (Lipinski definition) is 2. The summed E-state index contributed by atoms with van der Waals surface area (Å²) in [5, 5.41) is 12.0. The summed E-state index contributed by atoms with van der Waals surface area (Å²) in [6, 6.07) is 10.6. The fraction of sp³-hybridized carbons (Fsp3) is 0.565. The molecule has 5 heteroatoms. The zero-order valence-corrected chi connectivity index (χ0v) is 17.1. The molecule has 1 amide bonds. The molecule has 1 aromatic carbocycles. The highest BCUT2D eigenvalue weighted by Crippen LogP contribution is 2.29. The first kappa shape index (κ1) is 22.2. The van der Waals surface area contributed by atoms with E-state index in [1.807, 2.05) is 24.4 Å². The summed E-state index contributed by atoms with van der Waals surface area (Å²) in [7, 11) is 0. The van der Waals surface area contributed by atoms with E-state index in [1.165, 1.54) is 51.4 Å². The van der Waals surface area contributed by atoms with Gasteiger partial charge in [-0.2, -0.15) is 0 Å². The Labute approximate surface area is 168 Å². The molecule has 0 saturated heterocycles. The van der Waals surface area contributed by atoms with Gasteiger partial charge >= 0.3 is 0 Å². The van der Waals surface area contributed by atoms with Crippen LogP contribution in [0.2, 0.25) is 0 Å². The minimum absolute atomic E-state index is 0.167. The van der Waals surface area contributed by atoms with Crippen LogP contribution in [0.1, 0.15) is 65.2 Å². The lowest BCUT2D eigenvalue weighted by atomic mass is 9.96. The van der Waals surface area contributed by atoms with Crippen LogP contribution in [-0.4, -0.2) is 34.8 Å². The van der Waals surface area contributed by atoms with Crippen molar-refractivity contribution in [3.8, 4) is 5.75 Å². The summed E-state index contributed by atoms with van der Waals surface area (Å²) in [6.07, 6.45) is 12.8. The lowest BCUT2D eigenvalue weighted by Gasteiger charge is -2.26. The maximum absolute atomic E-state index is 9.96. The number of fused-ring (bicyclic) bond motifs is 1. The molecule has 28 heavy (non-hydrogen) atoms. The highest BCUT2D eigenvalue weighted by atomic mass is 16.5. The molecule has 2 aliphatic rings. The molecule has 2 aromatic rings. The number of rotatable bonds is 4. The Balaban J connectivity index is 0.000000184. The fourth-order valence-electron chi connectivity index (χ4n) is 3.20. The van der Waals surface area contributed by atoms with Crippen molar-refractivity contribution < 1.29 is 14.6 Å². The maximum Gasteiger partial charge on any atom is 0.207 e. The van der Waals surface area contributed by atoms with Gasteiger partial charge in [-0.3, -0.25) is 9.78 Å². The zero-order chi connectivity index (χ0) is 20.2. The Morgan fingerprint density at radius 1 is 1.07 bits per heavy atom. The topological polar surface area (TPSA) is 71.5 Å². The standard InChI is InChI=1S/C13H13NO.C7H13NO.C3H8O/c1-4-10-5-3-9-14-13(10)12(8-1)15-11-6-2-7-11;9-6-8-7-4-2-1-3-5-7;1-3(2)4/h1,3-5,8-9,11H,2,6-7H2;6-7H,1-5H2,(H,8,9);3-4H,1-2H3. The number of pyridine rings is 1. The number of benzene rings is 1. The number of amides is 1. The molecule has 1 aromatic heterocycles. The van der Waals surface area contributed by atoms with Gasteiger partial charge in [0.25, 0.3) is 0 Å². The van der Waals surface area contributed by atoms with Crippen LogP contribution in [0.4, 0.5) is 0 Å². The Morgan fingerprint density at radius 3 is 2.36 bits per heavy atom. The summed E-state index contributed by atoms with van der Waals surface area (Å²) in [4.78, 5) is 14.3.